The predicted octanol–water partition coefficient (Wildman–Crippen LogP) is 2.44. The van der Waals surface area contributed by atoms with Gasteiger partial charge in [0.25, 0.3) is 0 Å². The molecule has 0 unspecified atom stereocenters. The summed E-state index contributed by atoms with van der Waals surface area (Å²) >= 11 is 0. The van der Waals surface area contributed by atoms with Crippen molar-refractivity contribution in [3.8, 4) is 0 Å². The van der Waals surface area contributed by atoms with Crippen molar-refractivity contribution in [2.24, 2.45) is 17.3 Å². The van der Waals surface area contributed by atoms with E-state index in [-0.39, 0.29) is 29.8 Å². The summed E-state index contributed by atoms with van der Waals surface area (Å²) in [5.74, 6) is 0.0431. The average Bonchev–Trinajstić information content (AvgIpc) is 2.52. The largest absolute Gasteiger partial charge is 0.381 e. The van der Waals surface area contributed by atoms with Crippen LogP contribution in [-0.4, -0.2) is 22.3 Å². The number of carbonyl (C=O) groups excluding carboxylic acids is 2. The number of fused-ring (bicyclic) bond motifs is 1. The fourth-order valence-corrected chi connectivity index (χ4v) is 4.15. The van der Waals surface area contributed by atoms with Crippen LogP contribution < -0.4 is 0 Å². The maximum absolute atomic E-state index is 12.6. The molecule has 1 N–H and O–H groups in total. The van der Waals surface area contributed by atoms with E-state index >= 15 is 0 Å². The van der Waals surface area contributed by atoms with Crippen LogP contribution in [0.3, 0.4) is 0 Å². The number of hydrogen-bond acceptors (Lipinski definition) is 3. The first-order valence-electron chi connectivity index (χ1n) is 6.93. The van der Waals surface area contributed by atoms with Gasteiger partial charge in [-0.15, -0.1) is 13.2 Å². The molecule has 0 bridgehead atoms. The zero-order chi connectivity index (χ0) is 14.3. The Balaban J connectivity index is 2.55. The van der Waals surface area contributed by atoms with Crippen LogP contribution >= 0.6 is 0 Å². The van der Waals surface area contributed by atoms with Crippen molar-refractivity contribution in [2.45, 2.75) is 44.6 Å². The van der Waals surface area contributed by atoms with Gasteiger partial charge in [-0.2, -0.15) is 0 Å². The molecule has 4 atom stereocenters. The number of carbonyl (C=O) groups is 2. The Labute approximate surface area is 114 Å². The molecule has 19 heavy (non-hydrogen) atoms. The molecule has 0 saturated heterocycles. The van der Waals surface area contributed by atoms with E-state index in [9.17, 15) is 14.7 Å². The summed E-state index contributed by atoms with van der Waals surface area (Å²) in [6.07, 6.45) is 5.29. The smallest absolute Gasteiger partial charge is 0.166 e. The van der Waals surface area contributed by atoms with Crippen LogP contribution in [0.1, 0.15) is 39.0 Å². The van der Waals surface area contributed by atoms with Crippen LogP contribution in [0.5, 0.6) is 0 Å². The van der Waals surface area contributed by atoms with Gasteiger partial charge in [-0.3, -0.25) is 9.59 Å². The Morgan fingerprint density at radius 2 is 1.84 bits per heavy atom. The van der Waals surface area contributed by atoms with E-state index in [0.29, 0.717) is 19.3 Å². The molecule has 0 aliphatic heterocycles. The first kappa shape index (κ1) is 14.2. The zero-order valence-corrected chi connectivity index (χ0v) is 11.5. The number of aliphatic hydroxyl groups is 1. The van der Waals surface area contributed by atoms with Gasteiger partial charge in [-0.25, -0.2) is 0 Å². The zero-order valence-electron chi connectivity index (χ0n) is 11.5. The molecule has 3 heteroatoms. The number of ketones is 2. The lowest BCUT2D eigenvalue weighted by atomic mass is 9.57. The predicted molar refractivity (Wildman–Crippen MR) is 73.5 cm³/mol. The summed E-state index contributed by atoms with van der Waals surface area (Å²) in [6, 6.07) is 0. The third-order valence-electron chi connectivity index (χ3n) is 4.95. The van der Waals surface area contributed by atoms with E-state index in [2.05, 4.69) is 13.2 Å². The third kappa shape index (κ3) is 1.75. The molecule has 0 aromatic heterocycles. The quantitative estimate of drug-likeness (QED) is 0.792. The molecule has 3 nitrogen and oxygen atoms in total. The SMILES string of the molecule is C=CC[C@@]1(O)C(=O)C[C@@H]2C[C@@H](C)CC(=O)[C@@]21CC=C. The lowest BCUT2D eigenvalue weighted by molar-refractivity contribution is -0.162. The first-order chi connectivity index (χ1) is 8.92. The summed E-state index contributed by atoms with van der Waals surface area (Å²) in [4.78, 5) is 24.9. The number of Topliss-reactive ketones (excluding diaryl/α,β-unsaturated/α-hetero) is 2. The van der Waals surface area contributed by atoms with Gasteiger partial charge in [0.15, 0.2) is 5.78 Å². The van der Waals surface area contributed by atoms with Crippen molar-refractivity contribution >= 4 is 11.6 Å². The van der Waals surface area contributed by atoms with Crippen molar-refractivity contribution in [1.82, 2.24) is 0 Å². The third-order valence-corrected chi connectivity index (χ3v) is 4.95. The van der Waals surface area contributed by atoms with Crippen LogP contribution in [-0.2, 0) is 9.59 Å². The lowest BCUT2D eigenvalue weighted by Crippen LogP contribution is -2.57. The topological polar surface area (TPSA) is 54.4 Å². The lowest BCUT2D eigenvalue weighted by Gasteiger charge is -2.46. The van der Waals surface area contributed by atoms with Crippen LogP contribution in [0, 0.1) is 17.3 Å². The van der Waals surface area contributed by atoms with E-state index in [4.69, 9.17) is 0 Å². The molecule has 0 aromatic carbocycles. The number of rotatable bonds is 4. The molecular weight excluding hydrogens is 240 g/mol. The second-order valence-electron chi connectivity index (χ2n) is 6.11. The van der Waals surface area contributed by atoms with Crippen LogP contribution in [0.4, 0.5) is 0 Å². The van der Waals surface area contributed by atoms with E-state index in [1.165, 1.54) is 6.08 Å². The molecule has 2 rings (SSSR count). The minimum absolute atomic E-state index is 0.0198. The van der Waals surface area contributed by atoms with Crippen molar-refractivity contribution < 1.29 is 14.7 Å². The molecule has 0 aromatic rings. The van der Waals surface area contributed by atoms with Gasteiger partial charge >= 0.3 is 0 Å². The van der Waals surface area contributed by atoms with Crippen molar-refractivity contribution in [3.05, 3.63) is 25.3 Å². The summed E-state index contributed by atoms with van der Waals surface area (Å²) in [7, 11) is 0. The van der Waals surface area contributed by atoms with E-state index in [1.54, 1.807) is 6.08 Å². The summed E-state index contributed by atoms with van der Waals surface area (Å²) < 4.78 is 0. The Hall–Kier alpha value is -1.22. The maximum atomic E-state index is 12.6. The van der Waals surface area contributed by atoms with Gasteiger partial charge in [0.05, 0.1) is 5.41 Å². The average molecular weight is 262 g/mol. The highest BCUT2D eigenvalue weighted by atomic mass is 16.3. The normalized spacial score (nSPS) is 42.0. The molecule has 0 amide bonds. The molecule has 0 spiro atoms. The second kappa shape index (κ2) is 4.71. The summed E-state index contributed by atoms with van der Waals surface area (Å²) in [5.41, 5.74) is -2.54. The molecule has 104 valence electrons. The molecule has 2 aliphatic rings. The Morgan fingerprint density at radius 1 is 1.21 bits per heavy atom. The van der Waals surface area contributed by atoms with Gasteiger partial charge in [0.2, 0.25) is 0 Å². The Bertz CT molecular complexity index is 439. The summed E-state index contributed by atoms with van der Waals surface area (Å²) in [5, 5.41) is 10.9. The van der Waals surface area contributed by atoms with Gasteiger partial charge < -0.3 is 5.11 Å². The second-order valence-corrected chi connectivity index (χ2v) is 6.11. The minimum atomic E-state index is -1.58. The highest BCUT2D eigenvalue weighted by Gasteiger charge is 2.67. The monoisotopic (exact) mass is 262 g/mol. The highest BCUT2D eigenvalue weighted by Crippen LogP contribution is 2.58. The van der Waals surface area contributed by atoms with Gasteiger partial charge in [0.1, 0.15) is 11.4 Å². The Kier molecular flexibility index (Phi) is 3.52. The van der Waals surface area contributed by atoms with E-state index in [1.807, 2.05) is 6.92 Å². The summed E-state index contributed by atoms with van der Waals surface area (Å²) in [6.45, 7) is 9.37. The van der Waals surface area contributed by atoms with Gasteiger partial charge in [-0.1, -0.05) is 19.1 Å². The molecule has 0 radical (unpaired) electrons. The van der Waals surface area contributed by atoms with Crippen LogP contribution in [0.15, 0.2) is 25.3 Å². The molecule has 2 saturated carbocycles. The molecule has 2 aliphatic carbocycles. The van der Waals surface area contributed by atoms with E-state index < -0.39 is 11.0 Å². The van der Waals surface area contributed by atoms with Crippen molar-refractivity contribution in [3.63, 3.8) is 0 Å². The fraction of sp³-hybridized carbons (Fsp3) is 0.625. The van der Waals surface area contributed by atoms with Crippen LogP contribution in [0.2, 0.25) is 0 Å². The van der Waals surface area contributed by atoms with E-state index in [0.717, 1.165) is 6.42 Å². The minimum Gasteiger partial charge on any atom is -0.381 e. The molecule has 0 heterocycles. The number of allylic oxidation sites excluding steroid dienone is 1. The van der Waals surface area contributed by atoms with Gasteiger partial charge in [0, 0.05) is 19.3 Å². The molecule has 2 fully saturated rings. The first-order valence-corrected chi connectivity index (χ1v) is 6.93. The van der Waals surface area contributed by atoms with Crippen molar-refractivity contribution in [2.75, 3.05) is 0 Å². The van der Waals surface area contributed by atoms with Crippen LogP contribution in [0.25, 0.3) is 0 Å². The highest BCUT2D eigenvalue weighted by molar-refractivity contribution is 6.02. The molecular formula is C16H22O3. The standard InChI is InChI=1S/C16H22O3/c1-4-6-15-12(8-11(3)9-13(15)17)10-14(18)16(15,19)7-5-2/h4-5,11-12,19H,1-2,6-10H2,3H3/t11-,12+,15-,16-/m1/s1. The maximum Gasteiger partial charge on any atom is 0.166 e. The van der Waals surface area contributed by atoms with Gasteiger partial charge in [-0.05, 0) is 24.7 Å². The van der Waals surface area contributed by atoms with Crippen molar-refractivity contribution in [1.29, 1.82) is 0 Å². The fourth-order valence-electron chi connectivity index (χ4n) is 4.15. The Morgan fingerprint density at radius 3 is 2.42 bits per heavy atom. The number of hydrogen-bond donors (Lipinski definition) is 1.